The molecule has 0 bridgehead atoms. The zero-order chi connectivity index (χ0) is 38.6. The van der Waals surface area contributed by atoms with Gasteiger partial charge in [0.15, 0.2) is 5.76 Å². The highest BCUT2D eigenvalue weighted by atomic mass is 16.5. The number of rotatable bonds is 11. The number of fused-ring (bicyclic) bond motifs is 2. The zero-order valence-electron chi connectivity index (χ0n) is 31.1. The number of aromatic nitrogens is 2. The van der Waals surface area contributed by atoms with Crippen LogP contribution in [0.25, 0.3) is 55.6 Å². The Labute approximate surface area is 324 Å². The molecule has 0 saturated heterocycles. The number of carbonyl (C=O) groups is 2. The molecule has 276 valence electrons. The Bertz CT molecular complexity index is 2720. The fourth-order valence-corrected chi connectivity index (χ4v) is 6.66. The molecule has 56 heavy (non-hydrogen) atoms. The van der Waals surface area contributed by atoms with E-state index in [2.05, 4.69) is 10.6 Å². The summed E-state index contributed by atoms with van der Waals surface area (Å²) in [4.78, 5) is 37.6. The highest BCUT2D eigenvalue weighted by Crippen LogP contribution is 2.33. The van der Waals surface area contributed by atoms with Gasteiger partial charge in [0, 0.05) is 27.7 Å². The van der Waals surface area contributed by atoms with Crippen molar-refractivity contribution in [2.75, 3.05) is 23.8 Å². The second-order valence-corrected chi connectivity index (χ2v) is 13.2. The Kier molecular flexibility index (Phi) is 9.97. The predicted molar refractivity (Wildman–Crippen MR) is 221 cm³/mol. The van der Waals surface area contributed by atoms with Gasteiger partial charge in [0.05, 0.1) is 41.1 Å². The van der Waals surface area contributed by atoms with Crippen LogP contribution in [0.1, 0.15) is 40.3 Å². The molecule has 0 aliphatic rings. The Morgan fingerprint density at radius 3 is 1.75 bits per heavy atom. The van der Waals surface area contributed by atoms with Gasteiger partial charge in [0.2, 0.25) is 0 Å². The SMILES string of the molecule is CCOc1ccc(NC(=O)c2cc(-c3cccc(-c4ccc5c(C(=O)Nc6ccc(OCC)cc6)cc(-c6ccc(C)o6)nc5c4)c3)nc3ccccc23)cc1. The maximum Gasteiger partial charge on any atom is 0.256 e. The number of hydrogen-bond donors (Lipinski definition) is 2. The number of anilines is 2. The average Bonchev–Trinajstić information content (AvgIpc) is 3.67. The number of hydrogen-bond acceptors (Lipinski definition) is 7. The van der Waals surface area contributed by atoms with Gasteiger partial charge in [-0.05, 0) is 123 Å². The fourth-order valence-electron chi connectivity index (χ4n) is 6.66. The maximum atomic E-state index is 13.9. The van der Waals surface area contributed by atoms with Crippen LogP contribution in [0.15, 0.2) is 144 Å². The van der Waals surface area contributed by atoms with E-state index in [1.807, 2.05) is 154 Å². The van der Waals surface area contributed by atoms with E-state index in [1.165, 1.54) is 0 Å². The van der Waals surface area contributed by atoms with Gasteiger partial charge < -0.3 is 24.5 Å². The summed E-state index contributed by atoms with van der Waals surface area (Å²) in [5.74, 6) is 2.27. The molecule has 0 saturated carbocycles. The van der Waals surface area contributed by atoms with Crippen LogP contribution in [-0.4, -0.2) is 35.0 Å². The van der Waals surface area contributed by atoms with Crippen molar-refractivity contribution in [2.24, 2.45) is 0 Å². The molecule has 0 radical (unpaired) electrons. The quantitative estimate of drug-likeness (QED) is 0.136. The number of carbonyl (C=O) groups excluding carboxylic acids is 2. The number of nitrogens with zero attached hydrogens (tertiary/aromatic N) is 2. The summed E-state index contributed by atoms with van der Waals surface area (Å²) in [5.41, 5.74) is 7.48. The lowest BCUT2D eigenvalue weighted by molar-refractivity contribution is 0.102. The Hall–Kier alpha value is -7.26. The number of furan rings is 1. The molecular formula is C47H38N4O5. The van der Waals surface area contributed by atoms with Crippen molar-refractivity contribution in [3.8, 4) is 45.3 Å². The summed E-state index contributed by atoms with van der Waals surface area (Å²) in [6.07, 6.45) is 0. The highest BCUT2D eigenvalue weighted by Gasteiger charge is 2.18. The lowest BCUT2D eigenvalue weighted by Gasteiger charge is -2.13. The number of benzene rings is 5. The van der Waals surface area contributed by atoms with E-state index in [0.29, 0.717) is 69.3 Å². The molecule has 0 aliphatic heterocycles. The molecule has 3 heterocycles. The first kappa shape index (κ1) is 35.8. The third-order valence-corrected chi connectivity index (χ3v) is 9.35. The minimum atomic E-state index is -0.273. The topological polar surface area (TPSA) is 116 Å². The van der Waals surface area contributed by atoms with Crippen LogP contribution in [0.3, 0.4) is 0 Å². The molecule has 0 fully saturated rings. The first-order chi connectivity index (χ1) is 27.3. The first-order valence-electron chi connectivity index (χ1n) is 18.5. The van der Waals surface area contributed by atoms with Crippen LogP contribution in [0.4, 0.5) is 11.4 Å². The summed E-state index contributed by atoms with van der Waals surface area (Å²) < 4.78 is 17.1. The lowest BCUT2D eigenvalue weighted by Crippen LogP contribution is -2.13. The van der Waals surface area contributed by atoms with Gasteiger partial charge in [0.1, 0.15) is 23.0 Å². The predicted octanol–water partition coefficient (Wildman–Crippen LogP) is 11.0. The Morgan fingerprint density at radius 2 is 1.12 bits per heavy atom. The van der Waals surface area contributed by atoms with Gasteiger partial charge in [0.25, 0.3) is 11.8 Å². The monoisotopic (exact) mass is 738 g/mol. The number of ether oxygens (including phenoxy) is 2. The fraction of sp³-hybridized carbons (Fsp3) is 0.106. The molecule has 9 nitrogen and oxygen atoms in total. The van der Waals surface area contributed by atoms with Gasteiger partial charge in [-0.25, -0.2) is 9.97 Å². The van der Waals surface area contributed by atoms with Crippen LogP contribution in [0.5, 0.6) is 11.5 Å². The van der Waals surface area contributed by atoms with Gasteiger partial charge >= 0.3 is 0 Å². The summed E-state index contributed by atoms with van der Waals surface area (Å²) in [6.45, 7) is 6.85. The van der Waals surface area contributed by atoms with Crippen molar-refractivity contribution >= 4 is 45.0 Å². The molecule has 8 rings (SSSR count). The first-order valence-corrected chi connectivity index (χ1v) is 18.5. The van der Waals surface area contributed by atoms with E-state index in [-0.39, 0.29) is 11.8 Å². The number of amides is 2. The maximum absolute atomic E-state index is 13.9. The summed E-state index contributed by atoms with van der Waals surface area (Å²) in [7, 11) is 0. The van der Waals surface area contributed by atoms with E-state index >= 15 is 0 Å². The lowest BCUT2D eigenvalue weighted by atomic mass is 9.97. The number of nitrogens with one attached hydrogen (secondary N) is 2. The highest BCUT2D eigenvalue weighted by molar-refractivity contribution is 6.14. The number of para-hydroxylation sites is 1. The minimum absolute atomic E-state index is 0.240. The smallest absolute Gasteiger partial charge is 0.256 e. The van der Waals surface area contributed by atoms with Gasteiger partial charge in [-0.2, -0.15) is 0 Å². The molecule has 0 aliphatic carbocycles. The van der Waals surface area contributed by atoms with E-state index in [0.717, 1.165) is 39.3 Å². The van der Waals surface area contributed by atoms with Crippen molar-refractivity contribution in [1.29, 1.82) is 0 Å². The van der Waals surface area contributed by atoms with Crippen LogP contribution < -0.4 is 20.1 Å². The molecule has 0 spiro atoms. The zero-order valence-corrected chi connectivity index (χ0v) is 31.1. The molecule has 2 N–H and O–H groups in total. The van der Waals surface area contributed by atoms with Crippen molar-refractivity contribution < 1.29 is 23.5 Å². The second-order valence-electron chi connectivity index (χ2n) is 13.2. The van der Waals surface area contributed by atoms with Crippen molar-refractivity contribution in [1.82, 2.24) is 9.97 Å². The van der Waals surface area contributed by atoms with Crippen molar-refractivity contribution in [3.63, 3.8) is 0 Å². The summed E-state index contributed by atoms with van der Waals surface area (Å²) in [5, 5.41) is 7.51. The molecule has 5 aromatic carbocycles. The van der Waals surface area contributed by atoms with Crippen LogP contribution in [0.2, 0.25) is 0 Å². The normalized spacial score (nSPS) is 11.1. The largest absolute Gasteiger partial charge is 0.494 e. The van der Waals surface area contributed by atoms with Gasteiger partial charge in [-0.1, -0.05) is 48.5 Å². The Morgan fingerprint density at radius 1 is 0.554 bits per heavy atom. The number of aryl methyl sites for hydroxylation is 1. The van der Waals surface area contributed by atoms with Crippen LogP contribution in [0, 0.1) is 6.92 Å². The molecule has 0 atom stereocenters. The van der Waals surface area contributed by atoms with Crippen LogP contribution >= 0.6 is 0 Å². The molecule has 9 heteroatoms. The molecule has 3 aromatic heterocycles. The van der Waals surface area contributed by atoms with Crippen molar-refractivity contribution in [3.05, 3.63) is 156 Å². The van der Waals surface area contributed by atoms with E-state index < -0.39 is 0 Å². The Balaban J connectivity index is 1.14. The third-order valence-electron chi connectivity index (χ3n) is 9.35. The summed E-state index contributed by atoms with van der Waals surface area (Å²) >= 11 is 0. The number of pyridine rings is 2. The van der Waals surface area contributed by atoms with E-state index in [4.69, 9.17) is 23.9 Å². The average molecular weight is 739 g/mol. The van der Waals surface area contributed by atoms with Crippen LogP contribution in [-0.2, 0) is 0 Å². The molecular weight excluding hydrogens is 701 g/mol. The molecule has 8 aromatic rings. The van der Waals surface area contributed by atoms with Crippen molar-refractivity contribution in [2.45, 2.75) is 20.8 Å². The van der Waals surface area contributed by atoms with Gasteiger partial charge in [-0.3, -0.25) is 9.59 Å². The van der Waals surface area contributed by atoms with E-state index in [9.17, 15) is 9.59 Å². The molecule has 2 amide bonds. The standard InChI is InChI=1S/C47H38N4O5/c1-4-54-35-19-15-33(16-20-35)48-46(52)39-27-42(50-41-12-7-6-11-37(39)41)32-10-8-9-30(25-32)31-14-23-38-40(47(53)49-34-17-21-36(22-18-34)55-5-2)28-44(51-43(38)26-31)45-24-13-29(3)56-45/h6-28H,4-5H2,1-3H3,(H,48,52)(H,49,53). The third kappa shape index (κ3) is 7.56. The van der Waals surface area contributed by atoms with Gasteiger partial charge in [-0.15, -0.1) is 0 Å². The van der Waals surface area contributed by atoms with E-state index in [1.54, 1.807) is 6.07 Å². The second kappa shape index (κ2) is 15.6. The molecule has 0 unspecified atom stereocenters. The minimum Gasteiger partial charge on any atom is -0.494 e. The summed E-state index contributed by atoms with van der Waals surface area (Å²) in [6, 6.07) is 43.5.